The van der Waals surface area contributed by atoms with Gasteiger partial charge < -0.3 is 4.74 Å². The van der Waals surface area contributed by atoms with Crippen LogP contribution >= 0.6 is 12.6 Å². The molecule has 1 nitrogen and oxygen atoms in total. The zero-order valence-corrected chi connectivity index (χ0v) is 8.92. The zero-order valence-electron chi connectivity index (χ0n) is 8.03. The number of benzene rings is 2. The molecule has 0 radical (unpaired) electrons. The monoisotopic (exact) mass is 204 g/mol. The Labute approximate surface area is 89.1 Å². The largest absolute Gasteiger partial charge is 0.497 e. The maximum Gasteiger partial charge on any atom is 0.119 e. The smallest absolute Gasteiger partial charge is 0.119 e. The molecule has 2 heteroatoms. The Morgan fingerprint density at radius 3 is 2.79 bits per heavy atom. The van der Waals surface area contributed by atoms with Gasteiger partial charge in [0.25, 0.3) is 0 Å². The molecule has 0 heterocycles. The second-order valence-electron chi connectivity index (χ2n) is 3.16. The molecule has 0 aromatic heterocycles. The fourth-order valence-corrected chi connectivity index (χ4v) is 1.87. The molecule has 2 aromatic rings. The van der Waals surface area contributed by atoms with Gasteiger partial charge in [0, 0.05) is 5.75 Å². The van der Waals surface area contributed by atoms with Crippen LogP contribution in [0.4, 0.5) is 0 Å². The van der Waals surface area contributed by atoms with E-state index in [-0.39, 0.29) is 0 Å². The van der Waals surface area contributed by atoms with Crippen molar-refractivity contribution in [3.63, 3.8) is 0 Å². The summed E-state index contributed by atoms with van der Waals surface area (Å²) in [7, 11) is 1.68. The molecule has 14 heavy (non-hydrogen) atoms. The molecule has 0 N–H and O–H groups in total. The van der Waals surface area contributed by atoms with Crippen molar-refractivity contribution < 1.29 is 4.74 Å². The van der Waals surface area contributed by atoms with Crippen LogP contribution in [0.3, 0.4) is 0 Å². The van der Waals surface area contributed by atoms with Crippen LogP contribution in [0.5, 0.6) is 5.75 Å². The van der Waals surface area contributed by atoms with Gasteiger partial charge in [0.2, 0.25) is 0 Å². The van der Waals surface area contributed by atoms with E-state index in [1.165, 1.54) is 16.3 Å². The third kappa shape index (κ3) is 1.58. The number of rotatable bonds is 2. The fourth-order valence-electron chi connectivity index (χ4n) is 1.59. The molecule has 0 aliphatic heterocycles. The van der Waals surface area contributed by atoms with Crippen LogP contribution in [0, 0.1) is 0 Å². The van der Waals surface area contributed by atoms with E-state index in [1.54, 1.807) is 7.11 Å². The molecule has 0 aliphatic carbocycles. The van der Waals surface area contributed by atoms with E-state index >= 15 is 0 Å². The van der Waals surface area contributed by atoms with Crippen LogP contribution < -0.4 is 4.74 Å². The lowest BCUT2D eigenvalue weighted by atomic mass is 10.1. The minimum absolute atomic E-state index is 0.768. The van der Waals surface area contributed by atoms with Gasteiger partial charge in [0.1, 0.15) is 5.75 Å². The van der Waals surface area contributed by atoms with E-state index in [2.05, 4.69) is 30.8 Å². The highest BCUT2D eigenvalue weighted by molar-refractivity contribution is 7.79. The van der Waals surface area contributed by atoms with Gasteiger partial charge >= 0.3 is 0 Å². The van der Waals surface area contributed by atoms with Crippen LogP contribution in [0.15, 0.2) is 36.4 Å². The predicted molar refractivity (Wildman–Crippen MR) is 63.2 cm³/mol. The highest BCUT2D eigenvalue weighted by atomic mass is 32.1. The van der Waals surface area contributed by atoms with E-state index in [0.717, 1.165) is 11.5 Å². The van der Waals surface area contributed by atoms with Crippen molar-refractivity contribution in [1.29, 1.82) is 0 Å². The second kappa shape index (κ2) is 3.93. The number of ether oxygens (including phenoxy) is 1. The lowest BCUT2D eigenvalue weighted by molar-refractivity contribution is 0.415. The average Bonchev–Trinajstić information content (AvgIpc) is 2.27. The summed E-state index contributed by atoms with van der Waals surface area (Å²) in [5, 5.41) is 2.46. The molecule has 2 aromatic carbocycles. The molecule has 2 rings (SSSR count). The first-order valence-corrected chi connectivity index (χ1v) is 5.15. The molecule has 72 valence electrons. The van der Waals surface area contributed by atoms with Crippen molar-refractivity contribution in [2.24, 2.45) is 0 Å². The number of methoxy groups -OCH3 is 1. The Morgan fingerprint density at radius 1 is 1.21 bits per heavy atom. The van der Waals surface area contributed by atoms with E-state index in [4.69, 9.17) is 4.74 Å². The van der Waals surface area contributed by atoms with Crippen LogP contribution in [-0.2, 0) is 5.75 Å². The molecule has 0 unspecified atom stereocenters. The molecular formula is C12H12OS. The maximum absolute atomic E-state index is 5.18. The SMILES string of the molecule is COc1ccc2c(CS)cccc2c1. The van der Waals surface area contributed by atoms with E-state index in [1.807, 2.05) is 18.2 Å². The average molecular weight is 204 g/mol. The van der Waals surface area contributed by atoms with Crippen molar-refractivity contribution >= 4 is 23.4 Å². The van der Waals surface area contributed by atoms with Gasteiger partial charge in [-0.15, -0.1) is 0 Å². The highest BCUT2D eigenvalue weighted by Crippen LogP contribution is 2.24. The summed E-state index contributed by atoms with van der Waals surface area (Å²) in [4.78, 5) is 0. The lowest BCUT2D eigenvalue weighted by Gasteiger charge is -2.05. The minimum Gasteiger partial charge on any atom is -0.497 e. The lowest BCUT2D eigenvalue weighted by Crippen LogP contribution is -1.85. The molecule has 0 atom stereocenters. The van der Waals surface area contributed by atoms with Crippen LogP contribution in [0.2, 0.25) is 0 Å². The number of hydrogen-bond donors (Lipinski definition) is 1. The number of thiol groups is 1. The number of hydrogen-bond acceptors (Lipinski definition) is 2. The first-order valence-electron chi connectivity index (χ1n) is 4.51. The Hall–Kier alpha value is -1.15. The molecule has 0 bridgehead atoms. The standard InChI is InChI=1S/C12H12OS/c1-13-11-5-6-12-9(7-11)3-2-4-10(12)8-14/h2-7,14H,8H2,1H3. The summed E-state index contributed by atoms with van der Waals surface area (Å²) < 4.78 is 5.18. The summed E-state index contributed by atoms with van der Waals surface area (Å²) in [5.74, 6) is 1.66. The minimum atomic E-state index is 0.768. The van der Waals surface area contributed by atoms with Crippen molar-refractivity contribution in [3.8, 4) is 5.75 Å². The van der Waals surface area contributed by atoms with Gasteiger partial charge in [-0.25, -0.2) is 0 Å². The van der Waals surface area contributed by atoms with E-state index in [0.29, 0.717) is 0 Å². The third-order valence-corrected chi connectivity index (χ3v) is 2.69. The Bertz CT molecular complexity index is 451. The van der Waals surface area contributed by atoms with Gasteiger partial charge in [-0.2, -0.15) is 12.6 Å². The molecule has 0 aliphatic rings. The molecule has 0 amide bonds. The quantitative estimate of drug-likeness (QED) is 0.739. The normalized spacial score (nSPS) is 10.4. The maximum atomic E-state index is 5.18. The fraction of sp³-hybridized carbons (Fsp3) is 0.167. The van der Waals surface area contributed by atoms with Crippen LogP contribution in [0.25, 0.3) is 10.8 Å². The topological polar surface area (TPSA) is 9.23 Å². The summed E-state index contributed by atoms with van der Waals surface area (Å²) in [6, 6.07) is 12.3. The third-order valence-electron chi connectivity index (χ3n) is 2.35. The second-order valence-corrected chi connectivity index (χ2v) is 3.48. The van der Waals surface area contributed by atoms with E-state index in [9.17, 15) is 0 Å². The number of fused-ring (bicyclic) bond motifs is 1. The van der Waals surface area contributed by atoms with E-state index < -0.39 is 0 Å². The Kier molecular flexibility index (Phi) is 2.64. The van der Waals surface area contributed by atoms with Crippen molar-refractivity contribution in [2.45, 2.75) is 5.75 Å². The van der Waals surface area contributed by atoms with Gasteiger partial charge in [-0.3, -0.25) is 0 Å². The van der Waals surface area contributed by atoms with Crippen LogP contribution in [0.1, 0.15) is 5.56 Å². The Morgan fingerprint density at radius 2 is 2.07 bits per heavy atom. The molecular weight excluding hydrogens is 192 g/mol. The Balaban J connectivity index is 2.67. The summed E-state index contributed by atoms with van der Waals surface area (Å²) in [6.45, 7) is 0. The molecule has 0 fully saturated rings. The van der Waals surface area contributed by atoms with Crippen molar-refractivity contribution in [2.75, 3.05) is 7.11 Å². The van der Waals surface area contributed by atoms with Gasteiger partial charge in [-0.1, -0.05) is 24.3 Å². The molecule has 0 saturated heterocycles. The first kappa shape index (κ1) is 9.41. The van der Waals surface area contributed by atoms with Crippen molar-refractivity contribution in [3.05, 3.63) is 42.0 Å². The molecule has 0 spiro atoms. The first-order chi connectivity index (χ1) is 6.85. The van der Waals surface area contributed by atoms with Crippen molar-refractivity contribution in [1.82, 2.24) is 0 Å². The summed E-state index contributed by atoms with van der Waals surface area (Å²) in [5.41, 5.74) is 1.26. The highest BCUT2D eigenvalue weighted by Gasteiger charge is 1.99. The van der Waals surface area contributed by atoms with Gasteiger partial charge in [0.15, 0.2) is 0 Å². The zero-order chi connectivity index (χ0) is 9.97. The molecule has 0 saturated carbocycles. The predicted octanol–water partition coefficient (Wildman–Crippen LogP) is 3.28. The summed E-state index contributed by atoms with van der Waals surface area (Å²) >= 11 is 4.30. The van der Waals surface area contributed by atoms with Gasteiger partial charge in [0.05, 0.1) is 7.11 Å². The van der Waals surface area contributed by atoms with Gasteiger partial charge in [-0.05, 0) is 28.5 Å². The van der Waals surface area contributed by atoms with Crippen LogP contribution in [-0.4, -0.2) is 7.11 Å². The summed E-state index contributed by atoms with van der Waals surface area (Å²) in [6.07, 6.45) is 0.